The summed E-state index contributed by atoms with van der Waals surface area (Å²) in [7, 11) is 0. The molecule has 0 amide bonds. The molecule has 0 saturated heterocycles. The quantitative estimate of drug-likeness (QED) is 0.626. The normalized spacial score (nSPS) is 12.8. The molecule has 1 atom stereocenters. The monoisotopic (exact) mass is 294 g/mol. The summed E-state index contributed by atoms with van der Waals surface area (Å²) in [4.78, 5) is 20.3. The summed E-state index contributed by atoms with van der Waals surface area (Å²) in [6.45, 7) is -0.493. The second kappa shape index (κ2) is 5.74. The minimum atomic E-state index is -4.76. The van der Waals surface area contributed by atoms with E-state index in [1.54, 1.807) is 0 Å². The van der Waals surface area contributed by atoms with Crippen molar-refractivity contribution in [1.29, 1.82) is 0 Å². The van der Waals surface area contributed by atoms with Crippen molar-refractivity contribution >= 4 is 11.7 Å². The largest absolute Gasteiger partial charge is 0.478 e. The van der Waals surface area contributed by atoms with Crippen LogP contribution in [0, 0.1) is 10.1 Å². The lowest BCUT2D eigenvalue weighted by molar-refractivity contribution is -0.386. The van der Waals surface area contributed by atoms with Gasteiger partial charge in [0.1, 0.15) is 0 Å². The molecule has 1 aromatic rings. The van der Waals surface area contributed by atoms with E-state index in [1.165, 1.54) is 0 Å². The van der Waals surface area contributed by atoms with Crippen LogP contribution in [0.5, 0.6) is 5.75 Å². The Morgan fingerprint density at radius 3 is 2.50 bits per heavy atom. The predicted octanol–water partition coefficient (Wildman–Crippen LogP) is 1.40. The van der Waals surface area contributed by atoms with Gasteiger partial charge >= 0.3 is 17.8 Å². The van der Waals surface area contributed by atoms with Crippen LogP contribution in [0.15, 0.2) is 18.2 Å². The van der Waals surface area contributed by atoms with E-state index in [4.69, 9.17) is 15.6 Å². The van der Waals surface area contributed by atoms with Crippen LogP contribution >= 0.6 is 0 Å². The first-order valence-corrected chi connectivity index (χ1v) is 5.12. The fourth-order valence-corrected chi connectivity index (χ4v) is 1.29. The number of benzene rings is 1. The van der Waals surface area contributed by atoms with Crippen molar-refractivity contribution in [2.75, 3.05) is 6.54 Å². The molecule has 0 radical (unpaired) electrons. The standard InChI is InChI=1S/C10H9F3N2O5/c11-10(12,13)5-1-2-7(6(3-5)15(18)19)20-8(4-14)9(16)17/h1-3,8H,4,14H2,(H,16,17). The molecular weight excluding hydrogens is 285 g/mol. The minimum Gasteiger partial charge on any atom is -0.478 e. The maximum Gasteiger partial charge on any atom is 0.416 e. The molecule has 0 spiro atoms. The molecule has 0 heterocycles. The van der Waals surface area contributed by atoms with Crippen molar-refractivity contribution in [3.63, 3.8) is 0 Å². The molecule has 110 valence electrons. The number of nitro benzene ring substituents is 1. The Bertz CT molecular complexity index is 532. The van der Waals surface area contributed by atoms with Crippen molar-refractivity contribution in [2.45, 2.75) is 12.3 Å². The SMILES string of the molecule is NCC(Oc1ccc(C(F)(F)F)cc1[N+](=O)[O-])C(=O)O. The molecule has 20 heavy (non-hydrogen) atoms. The lowest BCUT2D eigenvalue weighted by Gasteiger charge is -2.14. The number of nitro groups is 1. The molecule has 1 aromatic carbocycles. The van der Waals surface area contributed by atoms with Gasteiger partial charge < -0.3 is 15.6 Å². The molecule has 10 heteroatoms. The minimum absolute atomic E-state index is 0.269. The first kappa shape index (κ1) is 15.7. The molecule has 0 saturated carbocycles. The van der Waals surface area contributed by atoms with Crippen LogP contribution in [0.4, 0.5) is 18.9 Å². The van der Waals surface area contributed by atoms with Gasteiger partial charge in [-0.3, -0.25) is 10.1 Å². The van der Waals surface area contributed by atoms with E-state index < -0.39 is 46.7 Å². The Morgan fingerprint density at radius 2 is 2.10 bits per heavy atom. The van der Waals surface area contributed by atoms with Gasteiger partial charge in [0, 0.05) is 12.6 Å². The number of hydrogen-bond donors (Lipinski definition) is 2. The molecule has 1 unspecified atom stereocenters. The van der Waals surface area contributed by atoms with Gasteiger partial charge in [-0.1, -0.05) is 0 Å². The van der Waals surface area contributed by atoms with Crippen LogP contribution in [-0.2, 0) is 11.0 Å². The molecular formula is C10H9F3N2O5. The number of nitrogens with two attached hydrogens (primary N) is 1. The Hall–Kier alpha value is -2.36. The van der Waals surface area contributed by atoms with Crippen molar-refractivity contribution in [3.8, 4) is 5.75 Å². The number of carbonyl (C=O) groups is 1. The van der Waals surface area contributed by atoms with E-state index >= 15 is 0 Å². The van der Waals surface area contributed by atoms with Crippen LogP contribution in [0.2, 0.25) is 0 Å². The fraction of sp³-hybridized carbons (Fsp3) is 0.300. The highest BCUT2D eigenvalue weighted by atomic mass is 19.4. The zero-order valence-corrected chi connectivity index (χ0v) is 9.76. The summed E-state index contributed by atoms with van der Waals surface area (Å²) in [5.74, 6) is -2.08. The first-order valence-electron chi connectivity index (χ1n) is 5.12. The van der Waals surface area contributed by atoms with Crippen molar-refractivity contribution in [1.82, 2.24) is 0 Å². The predicted molar refractivity (Wildman–Crippen MR) is 59.2 cm³/mol. The summed E-state index contributed by atoms with van der Waals surface area (Å²) < 4.78 is 42.1. The van der Waals surface area contributed by atoms with Crippen molar-refractivity contribution in [2.24, 2.45) is 5.73 Å². The zero-order valence-electron chi connectivity index (χ0n) is 9.76. The number of alkyl halides is 3. The highest BCUT2D eigenvalue weighted by Crippen LogP contribution is 2.36. The van der Waals surface area contributed by atoms with Crippen molar-refractivity contribution in [3.05, 3.63) is 33.9 Å². The number of carboxylic acid groups (broad SMARTS) is 1. The molecule has 0 bridgehead atoms. The number of nitrogens with zero attached hydrogens (tertiary/aromatic N) is 1. The fourth-order valence-electron chi connectivity index (χ4n) is 1.29. The molecule has 0 aliphatic carbocycles. The Labute approximate surface area is 109 Å². The Balaban J connectivity index is 3.21. The van der Waals surface area contributed by atoms with E-state index in [1.807, 2.05) is 0 Å². The maximum absolute atomic E-state index is 12.4. The molecule has 0 aliphatic rings. The van der Waals surface area contributed by atoms with Crippen LogP contribution in [0.25, 0.3) is 0 Å². The summed E-state index contributed by atoms with van der Waals surface area (Å²) in [6.07, 6.45) is -6.35. The van der Waals surface area contributed by atoms with Gasteiger partial charge in [0.2, 0.25) is 6.10 Å². The molecule has 1 rings (SSSR count). The average molecular weight is 294 g/mol. The third-order valence-electron chi connectivity index (χ3n) is 2.24. The second-order valence-electron chi connectivity index (χ2n) is 3.62. The van der Waals surface area contributed by atoms with E-state index in [9.17, 15) is 28.1 Å². The van der Waals surface area contributed by atoms with Gasteiger partial charge in [-0.2, -0.15) is 13.2 Å². The summed E-state index contributed by atoms with van der Waals surface area (Å²) >= 11 is 0. The Kier molecular flexibility index (Phi) is 4.50. The molecule has 0 fully saturated rings. The lowest BCUT2D eigenvalue weighted by atomic mass is 10.2. The number of hydrogen-bond acceptors (Lipinski definition) is 5. The number of halogens is 3. The molecule has 7 nitrogen and oxygen atoms in total. The number of rotatable bonds is 5. The summed E-state index contributed by atoms with van der Waals surface area (Å²) in [5, 5.41) is 19.4. The molecule has 0 aromatic heterocycles. The average Bonchev–Trinajstić information content (AvgIpc) is 2.34. The maximum atomic E-state index is 12.4. The van der Waals surface area contributed by atoms with E-state index in [-0.39, 0.29) is 6.07 Å². The molecule has 3 N–H and O–H groups in total. The first-order chi connectivity index (χ1) is 9.16. The van der Waals surface area contributed by atoms with Gasteiger partial charge in [-0.05, 0) is 12.1 Å². The van der Waals surface area contributed by atoms with Gasteiger partial charge in [-0.25, -0.2) is 4.79 Å². The van der Waals surface area contributed by atoms with E-state index in [0.717, 1.165) is 0 Å². The number of ether oxygens (including phenoxy) is 1. The van der Waals surface area contributed by atoms with Gasteiger partial charge in [-0.15, -0.1) is 0 Å². The van der Waals surface area contributed by atoms with E-state index in [2.05, 4.69) is 0 Å². The third kappa shape index (κ3) is 3.57. The third-order valence-corrected chi connectivity index (χ3v) is 2.24. The van der Waals surface area contributed by atoms with Crippen LogP contribution in [-0.4, -0.2) is 28.6 Å². The smallest absolute Gasteiger partial charge is 0.416 e. The van der Waals surface area contributed by atoms with Gasteiger partial charge in [0.05, 0.1) is 10.5 Å². The van der Waals surface area contributed by atoms with Crippen molar-refractivity contribution < 1.29 is 32.7 Å². The number of carboxylic acids is 1. The number of aliphatic carboxylic acids is 1. The van der Waals surface area contributed by atoms with Gasteiger partial charge in [0.15, 0.2) is 5.75 Å². The zero-order chi connectivity index (χ0) is 15.5. The topological polar surface area (TPSA) is 116 Å². The lowest BCUT2D eigenvalue weighted by Crippen LogP contribution is -2.34. The highest BCUT2D eigenvalue weighted by molar-refractivity contribution is 5.73. The highest BCUT2D eigenvalue weighted by Gasteiger charge is 2.34. The van der Waals surface area contributed by atoms with Crippen LogP contribution in [0.3, 0.4) is 0 Å². The summed E-state index contributed by atoms with van der Waals surface area (Å²) in [5.41, 5.74) is 2.86. The van der Waals surface area contributed by atoms with Crippen LogP contribution < -0.4 is 10.5 Å². The van der Waals surface area contributed by atoms with Crippen LogP contribution in [0.1, 0.15) is 5.56 Å². The summed E-state index contributed by atoms with van der Waals surface area (Å²) in [6, 6.07) is 1.51. The second-order valence-corrected chi connectivity index (χ2v) is 3.62. The molecule has 0 aliphatic heterocycles. The van der Waals surface area contributed by atoms with Gasteiger partial charge in [0.25, 0.3) is 0 Å². The van der Waals surface area contributed by atoms with E-state index in [0.29, 0.717) is 12.1 Å². The Morgan fingerprint density at radius 1 is 1.50 bits per heavy atom.